The Balaban J connectivity index is 1.89. The predicted octanol–water partition coefficient (Wildman–Crippen LogP) is 1.93. The molecule has 9 heteroatoms. The summed E-state index contributed by atoms with van der Waals surface area (Å²) < 4.78 is 1.56. The molecule has 0 amide bonds. The lowest BCUT2D eigenvalue weighted by molar-refractivity contribution is 0.476. The fourth-order valence-corrected chi connectivity index (χ4v) is 2.99. The number of phenolic OH excluding ortho intramolecular Hbond substituents is 1. The van der Waals surface area contributed by atoms with Gasteiger partial charge >= 0.3 is 0 Å². The number of nitrogens with zero attached hydrogens (tertiary/aromatic N) is 6. The lowest BCUT2D eigenvalue weighted by Gasteiger charge is -2.05. The molecule has 0 radical (unpaired) electrons. The van der Waals surface area contributed by atoms with Crippen LogP contribution in [0.3, 0.4) is 0 Å². The van der Waals surface area contributed by atoms with Gasteiger partial charge in [-0.2, -0.15) is 9.67 Å². The van der Waals surface area contributed by atoms with Gasteiger partial charge in [0.25, 0.3) is 0 Å². The number of hydrogen-bond acceptors (Lipinski definition) is 8. The van der Waals surface area contributed by atoms with Gasteiger partial charge in [0, 0.05) is 18.3 Å². The van der Waals surface area contributed by atoms with E-state index < -0.39 is 0 Å². The monoisotopic (exact) mass is 325 g/mol. The number of phenols is 1. The highest BCUT2D eigenvalue weighted by molar-refractivity contribution is 7.15. The third-order valence-corrected chi connectivity index (χ3v) is 4.19. The first-order valence-corrected chi connectivity index (χ1v) is 7.54. The summed E-state index contributed by atoms with van der Waals surface area (Å²) in [6.45, 7) is 1.93. The van der Waals surface area contributed by atoms with Crippen molar-refractivity contribution in [3.8, 4) is 22.1 Å². The summed E-state index contributed by atoms with van der Waals surface area (Å²) in [4.78, 5) is 13.6. The molecule has 0 saturated heterocycles. The van der Waals surface area contributed by atoms with Crippen LogP contribution < -0.4 is 5.73 Å². The number of anilines is 1. The van der Waals surface area contributed by atoms with Crippen LogP contribution in [0.2, 0.25) is 0 Å². The third kappa shape index (κ3) is 2.36. The van der Waals surface area contributed by atoms with Gasteiger partial charge in [0.2, 0.25) is 5.95 Å². The largest absolute Gasteiger partial charge is 0.508 e. The number of benzene rings is 1. The molecule has 0 saturated carbocycles. The lowest BCUT2D eigenvalue weighted by atomic mass is 10.3. The summed E-state index contributed by atoms with van der Waals surface area (Å²) in [7, 11) is 0. The van der Waals surface area contributed by atoms with Crippen molar-refractivity contribution in [3.63, 3.8) is 0 Å². The van der Waals surface area contributed by atoms with Gasteiger partial charge in [0.1, 0.15) is 11.3 Å². The average molecular weight is 325 g/mol. The highest BCUT2D eigenvalue weighted by atomic mass is 32.1. The minimum Gasteiger partial charge on any atom is -0.508 e. The molecular weight excluding hydrogens is 314 g/mol. The molecule has 0 fully saturated rings. The van der Waals surface area contributed by atoms with Crippen LogP contribution in [0, 0.1) is 6.92 Å². The summed E-state index contributed by atoms with van der Waals surface area (Å²) >= 11 is 1.53. The van der Waals surface area contributed by atoms with Crippen molar-refractivity contribution in [2.75, 3.05) is 5.73 Å². The molecule has 0 aliphatic heterocycles. The van der Waals surface area contributed by atoms with Crippen LogP contribution in [-0.2, 0) is 0 Å². The Morgan fingerprint density at radius 3 is 2.87 bits per heavy atom. The van der Waals surface area contributed by atoms with Crippen molar-refractivity contribution in [1.29, 1.82) is 0 Å². The average Bonchev–Trinajstić information content (AvgIpc) is 3.12. The second kappa shape index (κ2) is 4.99. The van der Waals surface area contributed by atoms with E-state index in [0.29, 0.717) is 22.5 Å². The van der Waals surface area contributed by atoms with Gasteiger partial charge < -0.3 is 10.8 Å². The van der Waals surface area contributed by atoms with Crippen molar-refractivity contribution in [1.82, 2.24) is 29.9 Å². The maximum absolute atomic E-state index is 9.52. The Labute approximate surface area is 134 Å². The molecule has 1 aromatic carbocycles. The smallest absolute Gasteiger partial charge is 0.222 e. The van der Waals surface area contributed by atoms with Gasteiger partial charge in [-0.1, -0.05) is 5.21 Å². The lowest BCUT2D eigenvalue weighted by Crippen LogP contribution is -2.05. The zero-order chi connectivity index (χ0) is 16.0. The van der Waals surface area contributed by atoms with E-state index >= 15 is 0 Å². The van der Waals surface area contributed by atoms with E-state index in [-0.39, 0.29) is 11.7 Å². The Morgan fingerprint density at radius 2 is 2.09 bits per heavy atom. The van der Waals surface area contributed by atoms with Gasteiger partial charge in [-0.05, 0) is 19.1 Å². The molecule has 8 nitrogen and oxygen atoms in total. The number of aromatic hydroxyl groups is 1. The zero-order valence-corrected chi connectivity index (χ0v) is 12.8. The summed E-state index contributed by atoms with van der Waals surface area (Å²) in [5.41, 5.74) is 7.80. The van der Waals surface area contributed by atoms with Crippen molar-refractivity contribution in [2.24, 2.45) is 0 Å². The molecule has 4 aromatic rings. The van der Waals surface area contributed by atoms with Crippen molar-refractivity contribution >= 4 is 28.3 Å². The van der Waals surface area contributed by atoms with Crippen molar-refractivity contribution in [3.05, 3.63) is 35.5 Å². The van der Waals surface area contributed by atoms with Crippen LogP contribution in [0.25, 0.3) is 27.4 Å². The number of nitrogens with two attached hydrogens (primary N) is 1. The minimum atomic E-state index is 0.132. The first kappa shape index (κ1) is 13.6. The number of rotatable bonds is 2. The summed E-state index contributed by atoms with van der Waals surface area (Å²) in [6, 6.07) is 6.61. The molecule has 114 valence electrons. The highest BCUT2D eigenvalue weighted by Crippen LogP contribution is 2.27. The molecule has 4 rings (SSSR count). The fourth-order valence-electron chi connectivity index (χ4n) is 2.25. The van der Waals surface area contributed by atoms with Gasteiger partial charge in [-0.15, -0.1) is 16.4 Å². The molecule has 0 unspecified atom stereocenters. The van der Waals surface area contributed by atoms with Gasteiger partial charge in [-0.25, -0.2) is 9.97 Å². The molecular formula is C14H11N7OS. The molecule has 0 atom stereocenters. The van der Waals surface area contributed by atoms with Gasteiger partial charge in [0.05, 0.1) is 21.1 Å². The van der Waals surface area contributed by atoms with Crippen LogP contribution in [0.1, 0.15) is 5.01 Å². The molecule has 0 aliphatic carbocycles. The maximum Gasteiger partial charge on any atom is 0.222 e. The first-order valence-electron chi connectivity index (χ1n) is 6.72. The number of hydrogen-bond donors (Lipinski definition) is 2. The number of aryl methyl sites for hydroxylation is 1. The first-order chi connectivity index (χ1) is 11.1. The van der Waals surface area contributed by atoms with Gasteiger partial charge in [-0.3, -0.25) is 0 Å². The number of aromatic nitrogens is 6. The molecule has 3 aromatic heterocycles. The van der Waals surface area contributed by atoms with Crippen molar-refractivity contribution < 1.29 is 5.11 Å². The Kier molecular flexibility index (Phi) is 2.95. The van der Waals surface area contributed by atoms with Crippen molar-refractivity contribution in [2.45, 2.75) is 6.92 Å². The third-order valence-electron chi connectivity index (χ3n) is 3.25. The predicted molar refractivity (Wildman–Crippen MR) is 86.4 cm³/mol. The quantitative estimate of drug-likeness (QED) is 0.578. The maximum atomic E-state index is 9.52. The fraction of sp³-hybridized carbons (Fsp3) is 0.0714. The molecule has 0 aliphatic rings. The Morgan fingerprint density at radius 1 is 1.22 bits per heavy atom. The van der Waals surface area contributed by atoms with Crippen LogP contribution in [0.4, 0.5) is 5.95 Å². The van der Waals surface area contributed by atoms with Crippen LogP contribution in [0.15, 0.2) is 30.5 Å². The van der Waals surface area contributed by atoms with E-state index in [0.717, 1.165) is 9.88 Å². The Hall–Kier alpha value is -3.07. The molecule has 3 heterocycles. The number of fused-ring (bicyclic) bond motifs is 1. The topological polar surface area (TPSA) is 116 Å². The Bertz CT molecular complexity index is 1020. The summed E-state index contributed by atoms with van der Waals surface area (Å²) in [5, 5.41) is 18.6. The second-order valence-corrected chi connectivity index (χ2v) is 6.12. The zero-order valence-electron chi connectivity index (χ0n) is 12.0. The normalized spacial score (nSPS) is 11.2. The van der Waals surface area contributed by atoms with Gasteiger partial charge in [0.15, 0.2) is 5.82 Å². The van der Waals surface area contributed by atoms with Crippen LogP contribution in [0.5, 0.6) is 5.75 Å². The van der Waals surface area contributed by atoms with Crippen LogP contribution in [-0.4, -0.2) is 35.1 Å². The SMILES string of the molecule is Cc1ncc(-c2cc(-n3nnc4cc(O)ccc43)nc(N)n2)s1. The van der Waals surface area contributed by atoms with E-state index in [1.165, 1.54) is 17.4 Å². The van der Waals surface area contributed by atoms with E-state index in [9.17, 15) is 5.11 Å². The number of nitrogen functional groups attached to an aromatic ring is 1. The van der Waals surface area contributed by atoms with E-state index in [2.05, 4.69) is 25.3 Å². The second-order valence-electron chi connectivity index (χ2n) is 4.89. The molecule has 0 spiro atoms. The summed E-state index contributed by atoms with van der Waals surface area (Å²) in [5.74, 6) is 0.783. The summed E-state index contributed by atoms with van der Waals surface area (Å²) in [6.07, 6.45) is 1.75. The number of thiazole rings is 1. The minimum absolute atomic E-state index is 0.132. The van der Waals surface area contributed by atoms with E-state index in [4.69, 9.17) is 5.73 Å². The standard InChI is InChI=1S/C14H11N7OS/c1-7-16-6-12(23-7)10-5-13(18-14(15)17-10)21-11-3-2-8(22)4-9(11)19-20-21/h2-6,22H,1H3,(H2,15,17,18). The molecule has 0 bridgehead atoms. The van der Waals surface area contributed by atoms with E-state index in [1.807, 2.05) is 6.92 Å². The molecule has 23 heavy (non-hydrogen) atoms. The van der Waals surface area contributed by atoms with E-state index in [1.54, 1.807) is 29.1 Å². The van der Waals surface area contributed by atoms with Crippen LogP contribution >= 0.6 is 11.3 Å². The molecule has 3 N–H and O–H groups in total. The highest BCUT2D eigenvalue weighted by Gasteiger charge is 2.13.